The number of amides is 4. The lowest BCUT2D eigenvalue weighted by molar-refractivity contribution is -0.137. The van der Waals surface area contributed by atoms with Gasteiger partial charge in [0.1, 0.15) is 16.2 Å². The number of hydrazine groups is 1. The minimum absolute atomic E-state index is 0.176. The minimum Gasteiger partial charge on any atom is -0.322 e. The summed E-state index contributed by atoms with van der Waals surface area (Å²) in [5, 5.41) is 5.58. The number of aromatic nitrogens is 2. The average Bonchev–Trinajstić information content (AvgIpc) is 3.28. The molecule has 0 radical (unpaired) electrons. The smallest absolute Gasteiger partial charge is 0.322 e. The van der Waals surface area contributed by atoms with E-state index in [1.165, 1.54) is 23.5 Å². The number of benzene rings is 1. The molecular weight excluding hydrogens is 457 g/mol. The van der Waals surface area contributed by atoms with Crippen molar-refractivity contribution in [3.63, 3.8) is 0 Å². The number of imide groups is 1. The summed E-state index contributed by atoms with van der Waals surface area (Å²) in [5.41, 5.74) is 2.18. The summed E-state index contributed by atoms with van der Waals surface area (Å²) in [7, 11) is 0. The first kappa shape index (κ1) is 22.0. The fourth-order valence-corrected chi connectivity index (χ4v) is 4.81. The van der Waals surface area contributed by atoms with Crippen LogP contribution in [-0.4, -0.2) is 44.1 Å². The van der Waals surface area contributed by atoms with E-state index in [1.54, 1.807) is 31.4 Å². The first-order chi connectivity index (χ1) is 15.2. The number of aromatic amines is 1. The number of rotatable bonds is 6. The maximum atomic E-state index is 13.2. The number of H-pyrrole nitrogens is 1. The van der Waals surface area contributed by atoms with Crippen molar-refractivity contribution in [2.24, 2.45) is 0 Å². The van der Waals surface area contributed by atoms with Crippen LogP contribution in [0.5, 0.6) is 0 Å². The number of nitrogens with one attached hydrogen (secondary N) is 3. The highest BCUT2D eigenvalue weighted by Gasteiger charge is 2.47. The van der Waals surface area contributed by atoms with E-state index >= 15 is 0 Å². The summed E-state index contributed by atoms with van der Waals surface area (Å²) in [4.78, 5) is 56.8. The molecule has 1 fully saturated rings. The molecule has 1 saturated heterocycles. The first-order valence-electron chi connectivity index (χ1n) is 9.58. The molecule has 1 unspecified atom stereocenters. The number of nitrogens with zero attached hydrogens (tertiary/aromatic N) is 2. The van der Waals surface area contributed by atoms with Crippen molar-refractivity contribution < 1.29 is 18.8 Å². The molecule has 4 amide bonds. The maximum absolute atomic E-state index is 13.2. The fourth-order valence-electron chi connectivity index (χ4n) is 3.16. The molecule has 0 bridgehead atoms. The Morgan fingerprint density at radius 2 is 2.00 bits per heavy atom. The summed E-state index contributed by atoms with van der Waals surface area (Å²) < 4.78 is 13.2. The zero-order valence-corrected chi connectivity index (χ0v) is 18.7. The third kappa shape index (κ3) is 3.98. The van der Waals surface area contributed by atoms with Gasteiger partial charge < -0.3 is 10.3 Å². The van der Waals surface area contributed by atoms with Gasteiger partial charge in [0.2, 0.25) is 5.91 Å². The van der Waals surface area contributed by atoms with Crippen molar-refractivity contribution in [2.45, 2.75) is 31.0 Å². The summed E-state index contributed by atoms with van der Waals surface area (Å²) >= 11 is 2.22. The van der Waals surface area contributed by atoms with Crippen molar-refractivity contribution in [3.05, 3.63) is 45.8 Å². The van der Waals surface area contributed by atoms with Crippen LogP contribution in [0.1, 0.15) is 20.3 Å². The van der Waals surface area contributed by atoms with Gasteiger partial charge in [-0.15, -0.1) is 11.3 Å². The second-order valence-electron chi connectivity index (χ2n) is 7.29. The van der Waals surface area contributed by atoms with Crippen LogP contribution in [0.2, 0.25) is 0 Å². The van der Waals surface area contributed by atoms with Gasteiger partial charge in [0.15, 0.2) is 5.16 Å². The predicted molar refractivity (Wildman–Crippen MR) is 119 cm³/mol. The van der Waals surface area contributed by atoms with E-state index in [9.17, 15) is 23.6 Å². The van der Waals surface area contributed by atoms with Gasteiger partial charge in [0.25, 0.3) is 11.5 Å². The van der Waals surface area contributed by atoms with Gasteiger partial charge in [-0.2, -0.15) is 5.01 Å². The van der Waals surface area contributed by atoms with E-state index in [-0.39, 0.29) is 22.3 Å². The Balaban J connectivity index is 1.47. The molecule has 0 spiro atoms. The Kier molecular flexibility index (Phi) is 5.73. The number of thioether (sulfide) groups is 1. The van der Waals surface area contributed by atoms with Gasteiger partial charge in [-0.05, 0) is 31.0 Å². The Bertz CT molecular complexity index is 1290. The number of carbonyl (C=O) groups is 3. The van der Waals surface area contributed by atoms with Crippen LogP contribution in [-0.2, 0) is 9.59 Å². The lowest BCUT2D eigenvalue weighted by atomic mass is 10.00. The van der Waals surface area contributed by atoms with Gasteiger partial charge in [0.05, 0.1) is 11.1 Å². The Hall–Kier alpha value is -3.25. The summed E-state index contributed by atoms with van der Waals surface area (Å²) in [6.45, 7) is 3.34. The standard InChI is InChI=1S/C20H18FN5O4S2/c1-3-20(2)17(29)26(19(30)24-20)25-13(27)9-32-18-22-15(28)14-12(8-31-16(14)23-18)10-4-6-11(21)7-5-10/h4-8H,3,9H2,1-2H3,(H,24,30)(H,25,27)(H,22,23,28). The van der Waals surface area contributed by atoms with Crippen molar-refractivity contribution in [1.82, 2.24) is 25.7 Å². The Morgan fingerprint density at radius 1 is 1.28 bits per heavy atom. The summed E-state index contributed by atoms with van der Waals surface area (Å²) in [6.07, 6.45) is 0.380. The van der Waals surface area contributed by atoms with Crippen molar-refractivity contribution in [1.29, 1.82) is 0 Å². The molecule has 2 aromatic heterocycles. The molecule has 1 aromatic carbocycles. The number of carbonyl (C=O) groups excluding carboxylic acids is 3. The van der Waals surface area contributed by atoms with E-state index in [4.69, 9.17) is 0 Å². The van der Waals surface area contributed by atoms with Crippen molar-refractivity contribution in [3.8, 4) is 11.1 Å². The SMILES string of the molecule is CCC1(C)NC(=O)N(NC(=O)CSc2nc3scc(-c4ccc(F)cc4)c3c(=O)[nH]2)C1=O. The molecule has 0 aliphatic carbocycles. The third-order valence-electron chi connectivity index (χ3n) is 5.12. The van der Waals surface area contributed by atoms with E-state index in [0.717, 1.165) is 11.8 Å². The molecule has 3 heterocycles. The number of hydrogen-bond donors (Lipinski definition) is 3. The highest BCUT2D eigenvalue weighted by molar-refractivity contribution is 7.99. The quantitative estimate of drug-likeness (QED) is 0.286. The highest BCUT2D eigenvalue weighted by Crippen LogP contribution is 2.31. The van der Waals surface area contributed by atoms with Gasteiger partial charge in [-0.1, -0.05) is 30.8 Å². The second-order valence-corrected chi connectivity index (χ2v) is 9.11. The van der Waals surface area contributed by atoms with E-state index in [1.807, 2.05) is 0 Å². The number of hydrogen-bond acceptors (Lipinski definition) is 7. The van der Waals surface area contributed by atoms with Crippen LogP contribution in [0, 0.1) is 5.82 Å². The van der Waals surface area contributed by atoms with Crippen LogP contribution in [0.4, 0.5) is 9.18 Å². The van der Waals surface area contributed by atoms with Gasteiger partial charge in [-0.3, -0.25) is 19.8 Å². The van der Waals surface area contributed by atoms with Crippen LogP contribution in [0.3, 0.4) is 0 Å². The normalized spacial score (nSPS) is 18.3. The number of urea groups is 1. The second kappa shape index (κ2) is 8.36. The number of halogens is 1. The molecule has 4 rings (SSSR count). The summed E-state index contributed by atoms with van der Waals surface area (Å²) in [5.74, 6) is -1.68. The maximum Gasteiger partial charge on any atom is 0.344 e. The van der Waals surface area contributed by atoms with Gasteiger partial charge >= 0.3 is 6.03 Å². The Morgan fingerprint density at radius 3 is 2.66 bits per heavy atom. The molecule has 0 saturated carbocycles. The largest absolute Gasteiger partial charge is 0.344 e. The minimum atomic E-state index is -1.06. The van der Waals surface area contributed by atoms with Crippen LogP contribution < -0.4 is 16.3 Å². The molecule has 9 nitrogen and oxygen atoms in total. The monoisotopic (exact) mass is 475 g/mol. The molecule has 32 heavy (non-hydrogen) atoms. The highest BCUT2D eigenvalue weighted by atomic mass is 32.2. The predicted octanol–water partition coefficient (Wildman–Crippen LogP) is 2.63. The van der Waals surface area contributed by atoms with E-state index in [2.05, 4.69) is 20.7 Å². The Labute approximate surface area is 189 Å². The number of fused-ring (bicyclic) bond motifs is 1. The first-order valence-corrected chi connectivity index (χ1v) is 11.4. The van der Waals surface area contributed by atoms with Crippen molar-refractivity contribution >= 4 is 51.2 Å². The van der Waals surface area contributed by atoms with Crippen LogP contribution in [0.15, 0.2) is 39.6 Å². The van der Waals surface area contributed by atoms with Crippen LogP contribution >= 0.6 is 23.1 Å². The lowest BCUT2D eigenvalue weighted by Gasteiger charge is -2.19. The zero-order chi connectivity index (χ0) is 23.0. The molecular formula is C20H18FN5O4S2. The van der Waals surface area contributed by atoms with Gasteiger partial charge in [0, 0.05) is 10.9 Å². The fraction of sp³-hybridized carbons (Fsp3) is 0.250. The summed E-state index contributed by atoms with van der Waals surface area (Å²) in [6, 6.07) is 5.11. The number of thiophene rings is 1. The molecule has 1 aliphatic rings. The molecule has 12 heteroatoms. The molecule has 3 aromatic rings. The topological polar surface area (TPSA) is 124 Å². The van der Waals surface area contributed by atoms with Crippen molar-refractivity contribution in [2.75, 3.05) is 5.75 Å². The third-order valence-corrected chi connectivity index (χ3v) is 6.87. The van der Waals surface area contributed by atoms with Crippen LogP contribution in [0.25, 0.3) is 21.3 Å². The molecule has 3 N–H and O–H groups in total. The molecule has 1 atom stereocenters. The molecule has 1 aliphatic heterocycles. The van der Waals surface area contributed by atoms with E-state index in [0.29, 0.717) is 32.8 Å². The van der Waals surface area contributed by atoms with E-state index < -0.39 is 23.4 Å². The van der Waals surface area contributed by atoms with Gasteiger partial charge in [-0.25, -0.2) is 14.2 Å². The zero-order valence-electron chi connectivity index (χ0n) is 17.0. The average molecular weight is 476 g/mol. The lowest BCUT2D eigenvalue weighted by Crippen LogP contribution is -2.49. The molecule has 166 valence electrons.